The van der Waals surface area contributed by atoms with E-state index in [9.17, 15) is 18.4 Å². The van der Waals surface area contributed by atoms with Crippen molar-refractivity contribution in [2.45, 2.75) is 13.0 Å². The summed E-state index contributed by atoms with van der Waals surface area (Å²) in [6, 6.07) is 14.3. The number of nitrogens with one attached hydrogen (secondary N) is 1. The molecule has 0 aromatic heterocycles. The fraction of sp³-hybridized carbons (Fsp3) is 0.130. The van der Waals surface area contributed by atoms with Gasteiger partial charge in [0.2, 0.25) is 5.91 Å². The number of benzene rings is 3. The first-order valence-electron chi connectivity index (χ1n) is 9.26. The molecule has 4 rings (SSSR count). The van der Waals surface area contributed by atoms with Gasteiger partial charge in [0.1, 0.15) is 18.2 Å². The predicted octanol–water partition coefficient (Wildman–Crippen LogP) is 5.11. The number of anilines is 1. The van der Waals surface area contributed by atoms with E-state index >= 15 is 0 Å². The molecule has 152 valence electrons. The highest BCUT2D eigenvalue weighted by atomic mass is 35.5. The molecule has 0 fully saturated rings. The van der Waals surface area contributed by atoms with Gasteiger partial charge in [-0.3, -0.25) is 9.59 Å². The monoisotopic (exact) mass is 426 g/mol. The van der Waals surface area contributed by atoms with Gasteiger partial charge in [-0.25, -0.2) is 8.78 Å². The van der Waals surface area contributed by atoms with E-state index in [-0.39, 0.29) is 17.1 Å². The Labute approximate surface area is 177 Å². The molecule has 1 N–H and O–H groups in total. The van der Waals surface area contributed by atoms with Gasteiger partial charge in [0.15, 0.2) is 0 Å². The molecule has 3 aromatic rings. The van der Waals surface area contributed by atoms with Crippen LogP contribution in [0.15, 0.2) is 60.7 Å². The Balaban J connectivity index is 1.93. The molecule has 0 saturated heterocycles. The average Bonchev–Trinajstić information content (AvgIpc) is 2.84. The quantitative estimate of drug-likeness (QED) is 0.619. The van der Waals surface area contributed by atoms with Crippen molar-refractivity contribution in [2.75, 3.05) is 11.9 Å². The van der Waals surface area contributed by atoms with E-state index in [0.29, 0.717) is 16.8 Å². The number of fused-ring (bicyclic) bond motifs is 1. The van der Waals surface area contributed by atoms with Crippen LogP contribution < -0.4 is 5.32 Å². The number of carbonyl (C=O) groups is 2. The molecular formula is C23H17ClF2N2O2. The maximum atomic E-state index is 14.5. The van der Waals surface area contributed by atoms with Crippen molar-refractivity contribution < 1.29 is 18.4 Å². The third kappa shape index (κ3) is 3.66. The van der Waals surface area contributed by atoms with Crippen LogP contribution in [0.25, 0.3) is 0 Å². The number of halogens is 3. The Kier molecular flexibility index (Phi) is 5.26. The molecule has 1 atom stereocenters. The van der Waals surface area contributed by atoms with Gasteiger partial charge >= 0.3 is 0 Å². The van der Waals surface area contributed by atoms with Gasteiger partial charge in [-0.2, -0.15) is 0 Å². The summed E-state index contributed by atoms with van der Waals surface area (Å²) in [7, 11) is 0. The van der Waals surface area contributed by atoms with Crippen LogP contribution in [0.4, 0.5) is 14.5 Å². The summed E-state index contributed by atoms with van der Waals surface area (Å²) in [4.78, 5) is 27.3. The lowest BCUT2D eigenvalue weighted by Crippen LogP contribution is -2.39. The highest BCUT2D eigenvalue weighted by Gasteiger charge is 2.35. The molecule has 3 aromatic carbocycles. The molecule has 0 spiro atoms. The number of aryl methyl sites for hydroxylation is 1. The van der Waals surface area contributed by atoms with Gasteiger partial charge in [-0.1, -0.05) is 47.5 Å². The number of rotatable bonds is 2. The fourth-order valence-electron chi connectivity index (χ4n) is 3.67. The smallest absolute Gasteiger partial charge is 0.259 e. The molecule has 1 aliphatic rings. The van der Waals surface area contributed by atoms with Crippen LogP contribution >= 0.6 is 11.6 Å². The molecule has 4 nitrogen and oxygen atoms in total. The van der Waals surface area contributed by atoms with Crippen LogP contribution in [-0.4, -0.2) is 23.3 Å². The van der Waals surface area contributed by atoms with E-state index in [1.165, 1.54) is 29.2 Å². The Morgan fingerprint density at radius 2 is 1.83 bits per heavy atom. The number of nitrogens with zero attached hydrogens (tertiary/aromatic N) is 1. The zero-order valence-corrected chi connectivity index (χ0v) is 16.7. The lowest BCUT2D eigenvalue weighted by Gasteiger charge is -2.31. The average molecular weight is 427 g/mol. The van der Waals surface area contributed by atoms with E-state index in [4.69, 9.17) is 11.6 Å². The van der Waals surface area contributed by atoms with Crippen molar-refractivity contribution >= 4 is 29.1 Å². The van der Waals surface area contributed by atoms with Gasteiger partial charge < -0.3 is 10.2 Å². The fourth-order valence-corrected chi connectivity index (χ4v) is 3.91. The lowest BCUT2D eigenvalue weighted by atomic mass is 9.94. The second-order valence-electron chi connectivity index (χ2n) is 7.12. The summed E-state index contributed by atoms with van der Waals surface area (Å²) in [6.45, 7) is 1.56. The summed E-state index contributed by atoms with van der Waals surface area (Å²) in [5.41, 5.74) is 2.37. The minimum absolute atomic E-state index is 0.0491. The zero-order chi connectivity index (χ0) is 21.4. The van der Waals surface area contributed by atoms with Crippen LogP contribution in [0.2, 0.25) is 5.02 Å². The summed E-state index contributed by atoms with van der Waals surface area (Å²) >= 11 is 6.12. The van der Waals surface area contributed by atoms with E-state index in [2.05, 4.69) is 5.32 Å². The molecule has 1 unspecified atom stereocenters. The van der Waals surface area contributed by atoms with E-state index in [0.717, 1.165) is 11.6 Å². The third-order valence-electron chi connectivity index (χ3n) is 5.02. The molecule has 0 saturated carbocycles. The van der Waals surface area contributed by atoms with Crippen molar-refractivity contribution in [3.05, 3.63) is 99.6 Å². The number of hydrogen-bond acceptors (Lipinski definition) is 2. The molecule has 0 radical (unpaired) electrons. The molecule has 30 heavy (non-hydrogen) atoms. The van der Waals surface area contributed by atoms with Crippen molar-refractivity contribution in [3.8, 4) is 0 Å². The maximum Gasteiger partial charge on any atom is 0.259 e. The Bertz CT molecular complexity index is 1130. The van der Waals surface area contributed by atoms with Crippen LogP contribution in [0.5, 0.6) is 0 Å². The minimum Gasteiger partial charge on any atom is -0.324 e. The molecule has 0 bridgehead atoms. The Morgan fingerprint density at radius 3 is 2.53 bits per heavy atom. The molecular weight excluding hydrogens is 410 g/mol. The third-order valence-corrected chi connectivity index (χ3v) is 5.34. The first kappa shape index (κ1) is 20.0. The van der Waals surface area contributed by atoms with Crippen molar-refractivity contribution in [3.63, 3.8) is 0 Å². The van der Waals surface area contributed by atoms with Crippen LogP contribution in [0, 0.1) is 18.6 Å². The topological polar surface area (TPSA) is 49.4 Å². The van der Waals surface area contributed by atoms with Crippen LogP contribution in [0.1, 0.15) is 33.1 Å². The predicted molar refractivity (Wildman–Crippen MR) is 110 cm³/mol. The molecule has 0 aliphatic carbocycles. The maximum absolute atomic E-state index is 14.5. The number of amides is 2. The van der Waals surface area contributed by atoms with Crippen molar-refractivity contribution in [1.82, 2.24) is 4.90 Å². The highest BCUT2D eigenvalue weighted by Crippen LogP contribution is 2.38. The Hall–Kier alpha value is -3.25. The van der Waals surface area contributed by atoms with Gasteiger partial charge in [-0.15, -0.1) is 0 Å². The van der Waals surface area contributed by atoms with Crippen LogP contribution in [-0.2, 0) is 4.79 Å². The minimum atomic E-state index is -0.778. The van der Waals surface area contributed by atoms with Gasteiger partial charge in [-0.05, 0) is 42.8 Å². The zero-order valence-electron chi connectivity index (χ0n) is 16.0. The van der Waals surface area contributed by atoms with Crippen LogP contribution in [0.3, 0.4) is 0 Å². The largest absolute Gasteiger partial charge is 0.324 e. The normalized spacial score (nSPS) is 15.9. The molecule has 7 heteroatoms. The summed E-state index contributed by atoms with van der Waals surface area (Å²) < 4.78 is 28.1. The molecule has 1 heterocycles. The van der Waals surface area contributed by atoms with Gasteiger partial charge in [0, 0.05) is 11.3 Å². The summed E-state index contributed by atoms with van der Waals surface area (Å²) in [6.07, 6.45) is 0. The van der Waals surface area contributed by atoms with Gasteiger partial charge in [0.25, 0.3) is 5.91 Å². The first-order chi connectivity index (χ1) is 14.3. The SMILES string of the molecule is Cc1ccc2c(c1)C(c1ccc(F)cc1)N(C(=O)c1c(F)cccc1Cl)CC(=O)N2. The first-order valence-corrected chi connectivity index (χ1v) is 9.64. The second kappa shape index (κ2) is 7.88. The molecule has 2 amide bonds. The Morgan fingerprint density at radius 1 is 1.10 bits per heavy atom. The van der Waals surface area contributed by atoms with Crippen molar-refractivity contribution in [2.24, 2.45) is 0 Å². The number of hydrogen-bond donors (Lipinski definition) is 1. The van der Waals surface area contributed by atoms with E-state index in [1.54, 1.807) is 18.2 Å². The van der Waals surface area contributed by atoms with Crippen molar-refractivity contribution in [1.29, 1.82) is 0 Å². The number of carbonyl (C=O) groups excluding carboxylic acids is 2. The summed E-state index contributed by atoms with van der Waals surface area (Å²) in [5.74, 6) is -2.36. The lowest BCUT2D eigenvalue weighted by molar-refractivity contribution is -0.117. The standard InChI is InChI=1S/C23H17ClF2N2O2/c1-13-5-10-19-16(11-13)22(14-6-8-15(25)9-7-14)28(12-20(29)27-19)23(30)21-17(24)3-2-4-18(21)26/h2-11,22H,12H2,1H3,(H,27,29). The van der Waals surface area contributed by atoms with E-state index in [1.807, 2.05) is 19.1 Å². The second-order valence-corrected chi connectivity index (χ2v) is 7.53. The van der Waals surface area contributed by atoms with Gasteiger partial charge in [0.05, 0.1) is 16.6 Å². The molecule has 1 aliphatic heterocycles. The van der Waals surface area contributed by atoms with E-state index < -0.39 is 29.5 Å². The highest BCUT2D eigenvalue weighted by molar-refractivity contribution is 6.34. The summed E-state index contributed by atoms with van der Waals surface area (Å²) in [5, 5.41) is 2.74.